The molecule has 98 valence electrons. The van der Waals surface area contributed by atoms with E-state index >= 15 is 0 Å². The van der Waals surface area contributed by atoms with Gasteiger partial charge in [0.1, 0.15) is 5.69 Å². The van der Waals surface area contributed by atoms with E-state index in [-0.39, 0.29) is 16.7 Å². The third-order valence-electron chi connectivity index (χ3n) is 3.10. The van der Waals surface area contributed by atoms with Crippen LogP contribution in [0, 0.1) is 17.0 Å². The summed E-state index contributed by atoms with van der Waals surface area (Å²) < 4.78 is 11.3. The summed E-state index contributed by atoms with van der Waals surface area (Å²) in [4.78, 5) is 10.6. The fourth-order valence-corrected chi connectivity index (χ4v) is 3.37. The Balaban J connectivity index is 2.13. The SMILES string of the molecule is Cc1ccc(NC2CCS(=O)CC2)c([N+](=O)[O-])c1. The Bertz CT molecular complexity index is 480. The molecule has 1 saturated heterocycles. The van der Waals surface area contributed by atoms with E-state index < -0.39 is 10.8 Å². The van der Waals surface area contributed by atoms with Crippen LogP contribution in [0.3, 0.4) is 0 Å². The molecule has 0 radical (unpaired) electrons. The second kappa shape index (κ2) is 5.48. The maximum atomic E-state index is 11.3. The summed E-state index contributed by atoms with van der Waals surface area (Å²) >= 11 is 0. The van der Waals surface area contributed by atoms with Crippen LogP contribution in [-0.2, 0) is 10.8 Å². The zero-order valence-electron chi connectivity index (χ0n) is 10.2. The Morgan fingerprint density at radius 1 is 1.39 bits per heavy atom. The Kier molecular flexibility index (Phi) is 3.96. The van der Waals surface area contributed by atoms with Gasteiger partial charge in [0.05, 0.1) is 4.92 Å². The van der Waals surface area contributed by atoms with Crippen LogP contribution < -0.4 is 5.32 Å². The predicted molar refractivity (Wildman–Crippen MR) is 72.4 cm³/mol. The highest BCUT2D eigenvalue weighted by Crippen LogP contribution is 2.27. The number of benzene rings is 1. The van der Waals surface area contributed by atoms with Crippen molar-refractivity contribution >= 4 is 22.2 Å². The molecule has 1 N–H and O–H groups in total. The highest BCUT2D eigenvalue weighted by atomic mass is 32.2. The van der Waals surface area contributed by atoms with Crippen molar-refractivity contribution < 1.29 is 9.13 Å². The summed E-state index contributed by atoms with van der Waals surface area (Å²) in [6, 6.07) is 5.36. The molecule has 2 rings (SSSR count). The molecule has 5 nitrogen and oxygen atoms in total. The van der Waals surface area contributed by atoms with Gasteiger partial charge in [0.2, 0.25) is 0 Å². The first-order valence-electron chi connectivity index (χ1n) is 5.93. The van der Waals surface area contributed by atoms with Gasteiger partial charge in [0.15, 0.2) is 0 Å². The van der Waals surface area contributed by atoms with Crippen LogP contribution in [0.15, 0.2) is 18.2 Å². The van der Waals surface area contributed by atoms with E-state index in [4.69, 9.17) is 0 Å². The van der Waals surface area contributed by atoms with Crippen LogP contribution in [0.25, 0.3) is 0 Å². The molecule has 0 spiro atoms. The lowest BCUT2D eigenvalue weighted by Crippen LogP contribution is -2.29. The average Bonchev–Trinajstić information content (AvgIpc) is 2.34. The molecule has 0 atom stereocenters. The Labute approximate surface area is 108 Å². The second-order valence-corrected chi connectivity index (χ2v) is 6.24. The van der Waals surface area contributed by atoms with Crippen molar-refractivity contribution in [2.45, 2.75) is 25.8 Å². The predicted octanol–water partition coefficient (Wildman–Crippen LogP) is 2.23. The molecule has 1 aromatic carbocycles. The summed E-state index contributed by atoms with van der Waals surface area (Å²) in [6.07, 6.45) is 1.61. The lowest BCUT2D eigenvalue weighted by Gasteiger charge is -2.23. The van der Waals surface area contributed by atoms with Crippen LogP contribution in [0.5, 0.6) is 0 Å². The minimum Gasteiger partial charge on any atom is -0.377 e. The van der Waals surface area contributed by atoms with Crippen LogP contribution in [0.1, 0.15) is 18.4 Å². The molecule has 0 bridgehead atoms. The first-order chi connectivity index (χ1) is 8.56. The normalized spacial score (nSPS) is 23.6. The van der Waals surface area contributed by atoms with Gasteiger partial charge in [-0.05, 0) is 31.4 Å². The van der Waals surface area contributed by atoms with Gasteiger partial charge in [-0.2, -0.15) is 0 Å². The summed E-state index contributed by atoms with van der Waals surface area (Å²) in [6.45, 7) is 1.83. The number of nitro benzene ring substituents is 1. The number of nitrogens with one attached hydrogen (secondary N) is 1. The molecule has 1 aromatic rings. The third kappa shape index (κ3) is 3.07. The number of rotatable bonds is 3. The number of nitrogens with zero attached hydrogens (tertiary/aromatic N) is 1. The maximum Gasteiger partial charge on any atom is 0.292 e. The molecule has 0 saturated carbocycles. The molecule has 0 amide bonds. The number of nitro groups is 1. The molecular formula is C12H16N2O3S. The number of hydrogen-bond donors (Lipinski definition) is 1. The molecule has 1 aliphatic heterocycles. The quantitative estimate of drug-likeness (QED) is 0.674. The maximum absolute atomic E-state index is 11.3. The van der Waals surface area contributed by atoms with Gasteiger partial charge in [-0.15, -0.1) is 0 Å². The van der Waals surface area contributed by atoms with E-state index in [1.807, 2.05) is 13.0 Å². The Morgan fingerprint density at radius 2 is 2.06 bits per heavy atom. The number of aryl methyl sites for hydroxylation is 1. The molecule has 6 heteroatoms. The number of hydrogen-bond acceptors (Lipinski definition) is 4. The van der Waals surface area contributed by atoms with E-state index in [0.29, 0.717) is 17.2 Å². The standard InChI is InChI=1S/C12H16N2O3S/c1-9-2-3-11(12(8-9)14(15)16)13-10-4-6-18(17)7-5-10/h2-3,8,10,13H,4-7H2,1H3. The molecule has 0 aromatic heterocycles. The molecule has 0 aliphatic carbocycles. The Morgan fingerprint density at radius 3 is 2.67 bits per heavy atom. The molecular weight excluding hydrogens is 252 g/mol. The third-order valence-corrected chi connectivity index (χ3v) is 4.48. The average molecular weight is 268 g/mol. The fraction of sp³-hybridized carbons (Fsp3) is 0.500. The smallest absolute Gasteiger partial charge is 0.292 e. The first kappa shape index (κ1) is 13.0. The molecule has 1 heterocycles. The molecule has 0 unspecified atom stereocenters. The van der Waals surface area contributed by atoms with Gasteiger partial charge in [-0.3, -0.25) is 14.3 Å². The lowest BCUT2D eigenvalue weighted by molar-refractivity contribution is -0.384. The molecule has 18 heavy (non-hydrogen) atoms. The van der Waals surface area contributed by atoms with Gasteiger partial charge in [-0.25, -0.2) is 0 Å². The van der Waals surface area contributed by atoms with Gasteiger partial charge in [0, 0.05) is 34.4 Å². The van der Waals surface area contributed by atoms with Crippen LogP contribution in [0.4, 0.5) is 11.4 Å². The summed E-state index contributed by atoms with van der Waals surface area (Å²) in [5.74, 6) is 1.36. The minimum atomic E-state index is -0.711. The van der Waals surface area contributed by atoms with E-state index in [2.05, 4.69) is 5.32 Å². The monoisotopic (exact) mass is 268 g/mol. The van der Waals surface area contributed by atoms with Crippen molar-refractivity contribution in [1.82, 2.24) is 0 Å². The summed E-state index contributed by atoms with van der Waals surface area (Å²) in [5, 5.41) is 14.2. The van der Waals surface area contributed by atoms with Crippen molar-refractivity contribution in [2.24, 2.45) is 0 Å². The van der Waals surface area contributed by atoms with Crippen molar-refractivity contribution in [3.8, 4) is 0 Å². The topological polar surface area (TPSA) is 72.2 Å². The van der Waals surface area contributed by atoms with E-state index in [0.717, 1.165) is 18.4 Å². The summed E-state index contributed by atoms with van der Waals surface area (Å²) in [7, 11) is -0.711. The fourth-order valence-electron chi connectivity index (χ4n) is 2.07. The number of anilines is 1. The van der Waals surface area contributed by atoms with Gasteiger partial charge >= 0.3 is 0 Å². The lowest BCUT2D eigenvalue weighted by atomic mass is 10.1. The van der Waals surface area contributed by atoms with Crippen molar-refractivity contribution in [2.75, 3.05) is 16.8 Å². The Hall–Kier alpha value is -1.43. The van der Waals surface area contributed by atoms with Crippen LogP contribution in [0.2, 0.25) is 0 Å². The summed E-state index contributed by atoms with van der Waals surface area (Å²) in [5.41, 5.74) is 1.54. The van der Waals surface area contributed by atoms with Gasteiger partial charge < -0.3 is 5.32 Å². The van der Waals surface area contributed by atoms with Crippen molar-refractivity contribution in [1.29, 1.82) is 0 Å². The minimum absolute atomic E-state index is 0.113. The molecule has 1 fully saturated rings. The van der Waals surface area contributed by atoms with Crippen LogP contribution >= 0.6 is 0 Å². The highest BCUT2D eigenvalue weighted by Gasteiger charge is 2.21. The van der Waals surface area contributed by atoms with Crippen molar-refractivity contribution in [3.63, 3.8) is 0 Å². The van der Waals surface area contributed by atoms with E-state index in [9.17, 15) is 14.3 Å². The first-order valence-corrected chi connectivity index (χ1v) is 7.41. The zero-order chi connectivity index (χ0) is 13.1. The molecule has 1 aliphatic rings. The van der Waals surface area contributed by atoms with Gasteiger partial charge in [-0.1, -0.05) is 6.07 Å². The second-order valence-electron chi connectivity index (χ2n) is 4.54. The van der Waals surface area contributed by atoms with E-state index in [1.165, 1.54) is 0 Å². The van der Waals surface area contributed by atoms with Gasteiger partial charge in [0.25, 0.3) is 5.69 Å². The van der Waals surface area contributed by atoms with Crippen LogP contribution in [-0.4, -0.2) is 26.7 Å². The largest absolute Gasteiger partial charge is 0.377 e. The highest BCUT2D eigenvalue weighted by molar-refractivity contribution is 7.85. The zero-order valence-corrected chi connectivity index (χ0v) is 11.0. The van der Waals surface area contributed by atoms with Crippen molar-refractivity contribution in [3.05, 3.63) is 33.9 Å². The van der Waals surface area contributed by atoms with E-state index in [1.54, 1.807) is 12.1 Å².